The van der Waals surface area contributed by atoms with E-state index in [1.165, 1.54) is 0 Å². The van der Waals surface area contributed by atoms with Crippen LogP contribution in [0.2, 0.25) is 0 Å². The third-order valence-corrected chi connectivity index (χ3v) is 3.06. The number of nitrogens with one attached hydrogen (secondary N) is 1. The highest BCUT2D eigenvalue weighted by atomic mass is 16.5. The number of ether oxygens (including phenoxy) is 1. The van der Waals surface area contributed by atoms with Crippen molar-refractivity contribution in [3.05, 3.63) is 41.7 Å². The fraction of sp³-hybridized carbons (Fsp3) is 0.267. The Kier molecular flexibility index (Phi) is 4.42. The van der Waals surface area contributed by atoms with Gasteiger partial charge in [-0.3, -0.25) is 4.79 Å². The first-order valence-corrected chi connectivity index (χ1v) is 6.36. The summed E-state index contributed by atoms with van der Waals surface area (Å²) in [6.45, 7) is 2.84. The maximum atomic E-state index is 11.8. The monoisotopic (exact) mass is 274 g/mol. The topological polar surface area (TPSA) is 77.5 Å². The third-order valence-electron chi connectivity index (χ3n) is 3.06. The molecule has 0 spiro atoms. The Morgan fingerprint density at radius 2 is 2.15 bits per heavy atom. The van der Waals surface area contributed by atoms with E-state index in [2.05, 4.69) is 5.32 Å². The quantitative estimate of drug-likeness (QED) is 0.647. The smallest absolute Gasteiger partial charge is 0.287 e. The summed E-state index contributed by atoms with van der Waals surface area (Å²) in [7, 11) is 1.58. The van der Waals surface area contributed by atoms with Gasteiger partial charge in [0.05, 0.1) is 6.61 Å². The summed E-state index contributed by atoms with van der Waals surface area (Å²) in [5, 5.41) is 2.71. The molecule has 0 fully saturated rings. The van der Waals surface area contributed by atoms with Crippen LogP contribution in [0.4, 0.5) is 5.69 Å². The van der Waals surface area contributed by atoms with E-state index in [1.807, 2.05) is 25.1 Å². The molecule has 5 nitrogen and oxygen atoms in total. The molecular weight excluding hydrogens is 256 g/mol. The van der Waals surface area contributed by atoms with E-state index in [9.17, 15) is 4.79 Å². The van der Waals surface area contributed by atoms with Crippen molar-refractivity contribution < 1.29 is 13.9 Å². The lowest BCUT2D eigenvalue weighted by atomic mass is 10.1. The summed E-state index contributed by atoms with van der Waals surface area (Å²) >= 11 is 0. The van der Waals surface area contributed by atoms with Crippen molar-refractivity contribution in [3.8, 4) is 11.3 Å². The van der Waals surface area contributed by atoms with Gasteiger partial charge in [-0.2, -0.15) is 0 Å². The number of benzene rings is 1. The van der Waals surface area contributed by atoms with E-state index >= 15 is 0 Å². The van der Waals surface area contributed by atoms with Crippen LogP contribution in [0.25, 0.3) is 11.3 Å². The maximum Gasteiger partial charge on any atom is 0.287 e. The van der Waals surface area contributed by atoms with Crippen LogP contribution in [0.3, 0.4) is 0 Å². The van der Waals surface area contributed by atoms with Crippen LogP contribution < -0.4 is 11.1 Å². The number of methoxy groups -OCH3 is 1. The van der Waals surface area contributed by atoms with Gasteiger partial charge in [0, 0.05) is 24.9 Å². The van der Waals surface area contributed by atoms with Crippen molar-refractivity contribution in [2.24, 2.45) is 0 Å². The van der Waals surface area contributed by atoms with Crippen molar-refractivity contribution in [2.75, 3.05) is 26.0 Å². The molecule has 2 rings (SSSR count). The first kappa shape index (κ1) is 14.1. The van der Waals surface area contributed by atoms with Crippen LogP contribution >= 0.6 is 0 Å². The van der Waals surface area contributed by atoms with Gasteiger partial charge in [0.25, 0.3) is 5.91 Å². The molecule has 0 bridgehead atoms. The highest BCUT2D eigenvalue weighted by molar-refractivity contribution is 5.92. The van der Waals surface area contributed by atoms with Crippen LogP contribution in [-0.2, 0) is 4.74 Å². The molecule has 3 N–H and O–H groups in total. The van der Waals surface area contributed by atoms with Gasteiger partial charge in [-0.15, -0.1) is 0 Å². The van der Waals surface area contributed by atoms with Crippen LogP contribution in [0.5, 0.6) is 0 Å². The highest BCUT2D eigenvalue weighted by Crippen LogP contribution is 2.28. The van der Waals surface area contributed by atoms with E-state index in [4.69, 9.17) is 14.9 Å². The van der Waals surface area contributed by atoms with Gasteiger partial charge < -0.3 is 20.2 Å². The summed E-state index contributed by atoms with van der Waals surface area (Å²) < 4.78 is 10.5. The summed E-state index contributed by atoms with van der Waals surface area (Å²) in [6, 6.07) is 9.03. The predicted octanol–water partition coefficient (Wildman–Crippen LogP) is 2.21. The number of rotatable bonds is 5. The summed E-state index contributed by atoms with van der Waals surface area (Å²) in [5.41, 5.74) is 8.40. The van der Waals surface area contributed by atoms with Gasteiger partial charge in [0.15, 0.2) is 5.76 Å². The molecule has 0 aliphatic heterocycles. The van der Waals surface area contributed by atoms with Gasteiger partial charge in [0.2, 0.25) is 0 Å². The molecule has 0 saturated carbocycles. The number of carbonyl (C=O) groups excluding carboxylic acids is 1. The molecule has 2 aromatic rings. The number of hydrogen-bond acceptors (Lipinski definition) is 4. The number of furan rings is 1. The molecule has 20 heavy (non-hydrogen) atoms. The first-order chi connectivity index (χ1) is 9.63. The molecule has 1 aromatic heterocycles. The second-order valence-corrected chi connectivity index (χ2v) is 4.43. The molecular formula is C15H18N2O3. The molecule has 106 valence electrons. The Hall–Kier alpha value is -2.27. The standard InChI is InChI=1S/C15H18N2O3/c1-10-11(4-3-5-12(10)16)13-6-7-14(20-13)15(18)17-8-9-19-2/h3-7H,8-9,16H2,1-2H3,(H,17,18). The predicted molar refractivity (Wildman–Crippen MR) is 77.5 cm³/mol. The van der Waals surface area contributed by atoms with Crippen LogP contribution in [0.15, 0.2) is 34.7 Å². The Morgan fingerprint density at radius 3 is 2.90 bits per heavy atom. The van der Waals surface area contributed by atoms with Gasteiger partial charge in [-0.05, 0) is 30.7 Å². The van der Waals surface area contributed by atoms with Gasteiger partial charge >= 0.3 is 0 Å². The number of anilines is 1. The highest BCUT2D eigenvalue weighted by Gasteiger charge is 2.13. The minimum absolute atomic E-state index is 0.255. The first-order valence-electron chi connectivity index (χ1n) is 6.36. The molecule has 1 heterocycles. The number of amides is 1. The maximum absolute atomic E-state index is 11.8. The van der Waals surface area contributed by atoms with E-state index in [-0.39, 0.29) is 11.7 Å². The average Bonchev–Trinajstić information content (AvgIpc) is 2.91. The molecule has 0 atom stereocenters. The fourth-order valence-electron chi connectivity index (χ4n) is 1.88. The lowest BCUT2D eigenvalue weighted by molar-refractivity contribution is 0.0910. The van der Waals surface area contributed by atoms with Crippen molar-refractivity contribution in [3.63, 3.8) is 0 Å². The Morgan fingerprint density at radius 1 is 1.35 bits per heavy atom. The molecule has 0 unspecified atom stereocenters. The zero-order chi connectivity index (χ0) is 14.5. The SMILES string of the molecule is COCCNC(=O)c1ccc(-c2cccc(N)c2C)o1. The minimum atomic E-state index is -0.255. The van der Waals surface area contributed by atoms with Crippen molar-refractivity contribution in [2.45, 2.75) is 6.92 Å². The van der Waals surface area contributed by atoms with Crippen LogP contribution in [-0.4, -0.2) is 26.2 Å². The zero-order valence-corrected chi connectivity index (χ0v) is 11.6. The Balaban J connectivity index is 2.16. The second-order valence-electron chi connectivity index (χ2n) is 4.43. The number of nitrogen functional groups attached to an aromatic ring is 1. The summed E-state index contributed by atoms with van der Waals surface area (Å²) in [5.74, 6) is 0.652. The van der Waals surface area contributed by atoms with E-state index < -0.39 is 0 Å². The average molecular weight is 274 g/mol. The second kappa shape index (κ2) is 6.25. The van der Waals surface area contributed by atoms with E-state index in [0.29, 0.717) is 24.6 Å². The molecule has 1 amide bonds. The van der Waals surface area contributed by atoms with Crippen molar-refractivity contribution >= 4 is 11.6 Å². The molecule has 1 aromatic carbocycles. The number of hydrogen-bond donors (Lipinski definition) is 2. The number of carbonyl (C=O) groups is 1. The minimum Gasteiger partial charge on any atom is -0.451 e. The van der Waals surface area contributed by atoms with Crippen LogP contribution in [0, 0.1) is 6.92 Å². The van der Waals surface area contributed by atoms with Crippen molar-refractivity contribution in [1.29, 1.82) is 0 Å². The van der Waals surface area contributed by atoms with Gasteiger partial charge in [-0.25, -0.2) is 0 Å². The largest absolute Gasteiger partial charge is 0.451 e. The number of nitrogens with two attached hydrogens (primary N) is 1. The molecule has 0 aliphatic carbocycles. The third kappa shape index (κ3) is 3.00. The van der Waals surface area contributed by atoms with Gasteiger partial charge in [-0.1, -0.05) is 12.1 Å². The normalized spacial score (nSPS) is 10.5. The lowest BCUT2D eigenvalue weighted by Gasteiger charge is -2.05. The molecule has 0 aliphatic rings. The Bertz CT molecular complexity index is 605. The summed E-state index contributed by atoms with van der Waals surface area (Å²) in [6.07, 6.45) is 0. The van der Waals surface area contributed by atoms with Gasteiger partial charge in [0.1, 0.15) is 5.76 Å². The molecule has 0 saturated heterocycles. The molecule has 0 radical (unpaired) electrons. The van der Waals surface area contributed by atoms with E-state index in [1.54, 1.807) is 19.2 Å². The van der Waals surface area contributed by atoms with Crippen molar-refractivity contribution in [1.82, 2.24) is 5.32 Å². The fourth-order valence-corrected chi connectivity index (χ4v) is 1.88. The summed E-state index contributed by atoms with van der Waals surface area (Å²) in [4.78, 5) is 11.8. The molecule has 5 heteroatoms. The van der Waals surface area contributed by atoms with E-state index in [0.717, 1.165) is 11.1 Å². The lowest BCUT2D eigenvalue weighted by Crippen LogP contribution is -2.26. The Labute approximate surface area is 117 Å². The van der Waals surface area contributed by atoms with Crippen LogP contribution in [0.1, 0.15) is 16.1 Å². The zero-order valence-electron chi connectivity index (χ0n) is 11.6.